The standard InChI is InChI=1S/C19H28BNO5/c1-17(2,3)24-16(22)21-14-11-23-15-9-8-12(10-13(14)15)20-25-18(4,5)19(6,7)26-20/h8-10,14H,11H2,1-7H3,(H,21,22)/t14-/m0/s1. The van der Waals surface area contributed by atoms with E-state index in [1.54, 1.807) is 0 Å². The first-order valence-corrected chi connectivity index (χ1v) is 9.00. The van der Waals surface area contributed by atoms with Crippen LogP contribution < -0.4 is 15.5 Å². The topological polar surface area (TPSA) is 66.0 Å². The Labute approximate surface area is 155 Å². The molecule has 1 amide bonds. The molecule has 142 valence electrons. The molecule has 3 rings (SSSR count). The average Bonchev–Trinajstić information content (AvgIpc) is 2.95. The fraction of sp³-hybridized carbons (Fsp3) is 0.632. The summed E-state index contributed by atoms with van der Waals surface area (Å²) < 4.78 is 23.3. The van der Waals surface area contributed by atoms with Gasteiger partial charge in [-0.05, 0) is 60.0 Å². The Balaban J connectivity index is 1.77. The van der Waals surface area contributed by atoms with Crippen LogP contribution in [0.25, 0.3) is 0 Å². The van der Waals surface area contributed by atoms with Gasteiger partial charge in [0.1, 0.15) is 18.0 Å². The van der Waals surface area contributed by atoms with Crippen LogP contribution in [0.4, 0.5) is 4.79 Å². The summed E-state index contributed by atoms with van der Waals surface area (Å²) in [7, 11) is -0.451. The summed E-state index contributed by atoms with van der Waals surface area (Å²) in [5, 5.41) is 2.87. The smallest absolute Gasteiger partial charge is 0.491 e. The van der Waals surface area contributed by atoms with Crippen molar-refractivity contribution in [1.29, 1.82) is 0 Å². The largest absolute Gasteiger partial charge is 0.494 e. The zero-order chi connectivity index (χ0) is 19.3. The van der Waals surface area contributed by atoms with E-state index >= 15 is 0 Å². The van der Waals surface area contributed by atoms with Crippen LogP contribution in [0, 0.1) is 0 Å². The summed E-state index contributed by atoms with van der Waals surface area (Å²) in [6, 6.07) is 5.55. The molecular formula is C19H28BNO5. The minimum absolute atomic E-state index is 0.262. The van der Waals surface area contributed by atoms with Crippen molar-refractivity contribution in [3.8, 4) is 5.75 Å². The van der Waals surface area contributed by atoms with Crippen molar-refractivity contribution in [1.82, 2.24) is 5.32 Å². The molecule has 1 atom stereocenters. The first kappa shape index (κ1) is 19.0. The van der Waals surface area contributed by atoms with E-state index in [2.05, 4.69) is 5.32 Å². The highest BCUT2D eigenvalue weighted by Gasteiger charge is 2.52. The van der Waals surface area contributed by atoms with Crippen LogP contribution in [0.3, 0.4) is 0 Å². The van der Waals surface area contributed by atoms with Crippen LogP contribution in [0.5, 0.6) is 5.75 Å². The Morgan fingerprint density at radius 1 is 1.19 bits per heavy atom. The summed E-state index contributed by atoms with van der Waals surface area (Å²) in [5.41, 5.74) is 0.464. The zero-order valence-corrected chi connectivity index (χ0v) is 16.6. The maximum atomic E-state index is 12.1. The molecule has 0 unspecified atom stereocenters. The highest BCUT2D eigenvalue weighted by molar-refractivity contribution is 6.62. The highest BCUT2D eigenvalue weighted by atomic mass is 16.7. The zero-order valence-electron chi connectivity index (χ0n) is 16.6. The fourth-order valence-corrected chi connectivity index (χ4v) is 2.93. The van der Waals surface area contributed by atoms with Crippen molar-refractivity contribution in [2.75, 3.05) is 6.61 Å². The number of alkyl carbamates (subject to hydrolysis) is 1. The molecule has 0 aliphatic carbocycles. The quantitative estimate of drug-likeness (QED) is 0.821. The third-order valence-corrected chi connectivity index (χ3v) is 5.03. The maximum absolute atomic E-state index is 12.1. The van der Waals surface area contributed by atoms with Crippen LogP contribution in [0.2, 0.25) is 0 Å². The summed E-state index contributed by atoms with van der Waals surface area (Å²) in [6.07, 6.45) is -0.458. The molecule has 1 aromatic carbocycles. The maximum Gasteiger partial charge on any atom is 0.494 e. The molecular weight excluding hydrogens is 333 g/mol. The lowest BCUT2D eigenvalue weighted by molar-refractivity contribution is 0.00578. The molecule has 0 bridgehead atoms. The number of benzene rings is 1. The van der Waals surface area contributed by atoms with Crippen molar-refractivity contribution >= 4 is 18.7 Å². The predicted octanol–water partition coefficient (Wildman–Crippen LogP) is 2.94. The first-order valence-electron chi connectivity index (χ1n) is 9.00. The molecule has 7 heteroatoms. The van der Waals surface area contributed by atoms with Gasteiger partial charge in [0, 0.05) is 5.56 Å². The Kier molecular flexibility index (Phi) is 4.52. The van der Waals surface area contributed by atoms with E-state index in [0.717, 1.165) is 16.8 Å². The monoisotopic (exact) mass is 361 g/mol. The van der Waals surface area contributed by atoms with Crippen LogP contribution in [-0.2, 0) is 14.0 Å². The van der Waals surface area contributed by atoms with E-state index in [1.807, 2.05) is 66.7 Å². The molecule has 0 spiro atoms. The van der Waals surface area contributed by atoms with E-state index in [4.69, 9.17) is 18.8 Å². The van der Waals surface area contributed by atoms with Crippen LogP contribution in [0.1, 0.15) is 60.1 Å². The number of hydrogen-bond acceptors (Lipinski definition) is 5. The second-order valence-electron chi connectivity index (χ2n) is 8.90. The van der Waals surface area contributed by atoms with Crippen molar-refractivity contribution in [2.24, 2.45) is 0 Å². The number of hydrogen-bond donors (Lipinski definition) is 1. The van der Waals surface area contributed by atoms with Gasteiger partial charge in [0.15, 0.2) is 0 Å². The van der Waals surface area contributed by atoms with Gasteiger partial charge in [-0.3, -0.25) is 0 Å². The van der Waals surface area contributed by atoms with E-state index in [0.29, 0.717) is 6.61 Å². The van der Waals surface area contributed by atoms with Gasteiger partial charge in [-0.25, -0.2) is 4.79 Å². The van der Waals surface area contributed by atoms with Crippen LogP contribution in [-0.4, -0.2) is 36.6 Å². The molecule has 2 heterocycles. The lowest BCUT2D eigenvalue weighted by atomic mass is 9.78. The highest BCUT2D eigenvalue weighted by Crippen LogP contribution is 2.37. The summed E-state index contributed by atoms with van der Waals surface area (Å²) >= 11 is 0. The van der Waals surface area contributed by atoms with Gasteiger partial charge in [0.25, 0.3) is 0 Å². The third kappa shape index (κ3) is 3.69. The first-order chi connectivity index (χ1) is 11.9. The number of fused-ring (bicyclic) bond motifs is 1. The Bertz CT molecular complexity index is 694. The molecule has 2 aliphatic rings. The number of carbonyl (C=O) groups is 1. The van der Waals surface area contributed by atoms with Gasteiger partial charge in [0.2, 0.25) is 0 Å². The molecule has 1 fully saturated rings. The third-order valence-electron chi connectivity index (χ3n) is 5.03. The van der Waals surface area contributed by atoms with Crippen molar-refractivity contribution < 1.29 is 23.6 Å². The molecule has 0 radical (unpaired) electrons. The number of carbonyl (C=O) groups excluding carboxylic acids is 1. The van der Waals surface area contributed by atoms with E-state index in [1.165, 1.54) is 0 Å². The summed E-state index contributed by atoms with van der Waals surface area (Å²) in [6.45, 7) is 14.0. The molecule has 1 saturated heterocycles. The van der Waals surface area contributed by atoms with Gasteiger partial charge >= 0.3 is 13.2 Å². The van der Waals surface area contributed by atoms with Crippen molar-refractivity contribution in [3.63, 3.8) is 0 Å². The number of nitrogens with one attached hydrogen (secondary N) is 1. The van der Waals surface area contributed by atoms with E-state index < -0.39 is 30.0 Å². The number of amides is 1. The second kappa shape index (κ2) is 6.17. The van der Waals surface area contributed by atoms with Crippen LogP contribution in [0.15, 0.2) is 18.2 Å². The summed E-state index contributed by atoms with van der Waals surface area (Å²) in [4.78, 5) is 12.1. The molecule has 0 saturated carbocycles. The Morgan fingerprint density at radius 3 is 2.38 bits per heavy atom. The SMILES string of the molecule is CC(C)(C)OC(=O)N[C@H]1COc2ccc(B3OC(C)(C)C(C)(C)O3)cc21. The van der Waals surface area contributed by atoms with E-state index in [9.17, 15) is 4.79 Å². The predicted molar refractivity (Wildman–Crippen MR) is 99.8 cm³/mol. The fourth-order valence-electron chi connectivity index (χ4n) is 2.93. The number of rotatable bonds is 2. The molecule has 1 N–H and O–H groups in total. The van der Waals surface area contributed by atoms with Crippen LogP contribution >= 0.6 is 0 Å². The van der Waals surface area contributed by atoms with Gasteiger partial charge in [-0.2, -0.15) is 0 Å². The molecule has 6 nitrogen and oxygen atoms in total. The Hall–Kier alpha value is -1.73. The van der Waals surface area contributed by atoms with Gasteiger partial charge in [-0.1, -0.05) is 12.1 Å². The molecule has 26 heavy (non-hydrogen) atoms. The minimum Gasteiger partial charge on any atom is -0.491 e. The average molecular weight is 361 g/mol. The normalized spacial score (nSPS) is 23.3. The van der Waals surface area contributed by atoms with Crippen molar-refractivity contribution in [2.45, 2.75) is 71.3 Å². The van der Waals surface area contributed by atoms with E-state index in [-0.39, 0.29) is 6.04 Å². The molecule has 0 aromatic heterocycles. The van der Waals surface area contributed by atoms with Gasteiger partial charge < -0.3 is 24.1 Å². The molecule has 1 aromatic rings. The molecule has 2 aliphatic heterocycles. The number of ether oxygens (including phenoxy) is 2. The second-order valence-corrected chi connectivity index (χ2v) is 8.90. The Morgan fingerprint density at radius 2 is 1.81 bits per heavy atom. The van der Waals surface area contributed by atoms with Gasteiger partial charge in [-0.15, -0.1) is 0 Å². The minimum atomic E-state index is -0.545. The summed E-state index contributed by atoms with van der Waals surface area (Å²) in [5.74, 6) is 0.756. The lowest BCUT2D eigenvalue weighted by Gasteiger charge is -2.32. The lowest BCUT2D eigenvalue weighted by Crippen LogP contribution is -2.41. The van der Waals surface area contributed by atoms with Crippen molar-refractivity contribution in [3.05, 3.63) is 23.8 Å². The van der Waals surface area contributed by atoms with Gasteiger partial charge in [0.05, 0.1) is 17.2 Å².